The van der Waals surface area contributed by atoms with E-state index in [0.29, 0.717) is 16.8 Å². The van der Waals surface area contributed by atoms with E-state index in [-0.39, 0.29) is 24.1 Å². The van der Waals surface area contributed by atoms with Gasteiger partial charge in [0, 0.05) is 17.0 Å². The van der Waals surface area contributed by atoms with Crippen molar-refractivity contribution < 1.29 is 9.53 Å². The van der Waals surface area contributed by atoms with Crippen LogP contribution in [0.3, 0.4) is 0 Å². The molecule has 1 aliphatic rings. The molecule has 1 fully saturated rings. The number of aromatic nitrogens is 2. The number of hydrogen-bond acceptors (Lipinski definition) is 5. The number of benzene rings is 1. The third-order valence-electron chi connectivity index (χ3n) is 5.07. The molecule has 0 saturated heterocycles. The number of ether oxygens (including phenoxy) is 1. The molecule has 146 valence electrons. The van der Waals surface area contributed by atoms with E-state index < -0.39 is 0 Å². The molecule has 0 atom stereocenters. The van der Waals surface area contributed by atoms with Crippen molar-refractivity contribution in [3.8, 4) is 16.9 Å². The first-order valence-corrected chi connectivity index (χ1v) is 10.5. The van der Waals surface area contributed by atoms with E-state index in [9.17, 15) is 9.59 Å². The Morgan fingerprint density at radius 2 is 2.04 bits per heavy atom. The maximum Gasteiger partial charge on any atom is 0.263 e. The molecule has 0 spiro atoms. The largest absolute Gasteiger partial charge is 0.494 e. The number of carbonyl (C=O) groups excluding carboxylic acids is 1. The molecule has 0 aliphatic heterocycles. The Kier molecular flexibility index (Phi) is 5.43. The van der Waals surface area contributed by atoms with Crippen LogP contribution in [-0.2, 0) is 11.3 Å². The number of fused-ring (bicyclic) bond motifs is 1. The predicted molar refractivity (Wildman–Crippen MR) is 111 cm³/mol. The molecule has 1 saturated carbocycles. The first-order chi connectivity index (χ1) is 13.7. The van der Waals surface area contributed by atoms with Gasteiger partial charge < -0.3 is 10.1 Å². The molecule has 2 heterocycles. The first-order valence-electron chi connectivity index (χ1n) is 9.65. The minimum Gasteiger partial charge on any atom is -0.494 e. The average molecular weight is 398 g/mol. The number of amides is 1. The Morgan fingerprint density at radius 3 is 2.75 bits per heavy atom. The van der Waals surface area contributed by atoms with Crippen molar-refractivity contribution in [1.29, 1.82) is 0 Å². The van der Waals surface area contributed by atoms with Crippen LogP contribution in [0.4, 0.5) is 0 Å². The van der Waals surface area contributed by atoms with Crippen molar-refractivity contribution in [2.45, 2.75) is 45.2 Å². The Labute approximate surface area is 167 Å². The van der Waals surface area contributed by atoms with Crippen LogP contribution in [0.1, 0.15) is 32.6 Å². The van der Waals surface area contributed by atoms with Crippen molar-refractivity contribution in [2.24, 2.45) is 0 Å². The van der Waals surface area contributed by atoms with Crippen LogP contribution < -0.4 is 15.6 Å². The highest BCUT2D eigenvalue weighted by molar-refractivity contribution is 7.17. The lowest BCUT2D eigenvalue weighted by Gasteiger charge is -2.12. The minimum absolute atomic E-state index is 0.00314. The van der Waals surface area contributed by atoms with Gasteiger partial charge in [-0.2, -0.15) is 0 Å². The van der Waals surface area contributed by atoms with Crippen molar-refractivity contribution in [3.05, 3.63) is 46.3 Å². The zero-order chi connectivity index (χ0) is 19.5. The summed E-state index contributed by atoms with van der Waals surface area (Å²) >= 11 is 1.43. The molecule has 1 N–H and O–H groups in total. The summed E-state index contributed by atoms with van der Waals surface area (Å²) in [5.74, 6) is 0.665. The maximum atomic E-state index is 13.1. The Balaban J connectivity index is 1.62. The summed E-state index contributed by atoms with van der Waals surface area (Å²) in [5, 5.41) is 5.53. The van der Waals surface area contributed by atoms with Crippen molar-refractivity contribution in [1.82, 2.24) is 14.9 Å². The van der Waals surface area contributed by atoms with Gasteiger partial charge in [0.05, 0.1) is 18.3 Å². The SMILES string of the molecule is CCOc1ccc(-c2csc3ncn(CC(=O)NC4CCCC4)c(=O)c23)cc1. The standard InChI is InChI=1S/C21H23N3O3S/c1-2-27-16-9-7-14(8-10-16)17-12-28-20-19(17)21(26)24(13-22-20)11-18(25)23-15-5-3-4-6-15/h7-10,12-13,15H,2-6,11H2,1H3,(H,23,25). The highest BCUT2D eigenvalue weighted by Crippen LogP contribution is 2.31. The summed E-state index contributed by atoms with van der Waals surface area (Å²) in [4.78, 5) is 30.5. The third-order valence-corrected chi connectivity index (χ3v) is 5.96. The van der Waals surface area contributed by atoms with E-state index in [1.54, 1.807) is 0 Å². The van der Waals surface area contributed by atoms with E-state index >= 15 is 0 Å². The fourth-order valence-corrected chi connectivity index (χ4v) is 4.59. The maximum absolute atomic E-state index is 13.1. The lowest BCUT2D eigenvalue weighted by Crippen LogP contribution is -2.37. The van der Waals surface area contributed by atoms with Crippen LogP contribution in [0.25, 0.3) is 21.3 Å². The van der Waals surface area contributed by atoms with Gasteiger partial charge in [-0.1, -0.05) is 25.0 Å². The quantitative estimate of drug-likeness (QED) is 0.690. The summed E-state index contributed by atoms with van der Waals surface area (Å²) in [6, 6.07) is 7.91. The molecule has 4 rings (SSSR count). The summed E-state index contributed by atoms with van der Waals surface area (Å²) in [7, 11) is 0. The number of nitrogens with one attached hydrogen (secondary N) is 1. The van der Waals surface area contributed by atoms with Crippen LogP contribution in [0.2, 0.25) is 0 Å². The molecule has 3 aromatic rings. The average Bonchev–Trinajstić information content (AvgIpc) is 3.35. The second kappa shape index (κ2) is 8.14. The summed E-state index contributed by atoms with van der Waals surface area (Å²) in [6.07, 6.45) is 5.81. The highest BCUT2D eigenvalue weighted by Gasteiger charge is 2.19. The number of thiophene rings is 1. The number of carbonyl (C=O) groups is 1. The van der Waals surface area contributed by atoms with E-state index in [1.807, 2.05) is 36.6 Å². The molecule has 6 nitrogen and oxygen atoms in total. The van der Waals surface area contributed by atoms with Crippen molar-refractivity contribution >= 4 is 27.5 Å². The first kappa shape index (κ1) is 18.7. The molecule has 1 amide bonds. The van der Waals surface area contributed by atoms with Gasteiger partial charge >= 0.3 is 0 Å². The van der Waals surface area contributed by atoms with Crippen LogP contribution >= 0.6 is 11.3 Å². The number of hydrogen-bond donors (Lipinski definition) is 1. The molecular weight excluding hydrogens is 374 g/mol. The second-order valence-electron chi connectivity index (χ2n) is 7.01. The van der Waals surface area contributed by atoms with E-state index in [4.69, 9.17) is 4.74 Å². The fraction of sp³-hybridized carbons (Fsp3) is 0.381. The van der Waals surface area contributed by atoms with E-state index in [1.165, 1.54) is 22.2 Å². The zero-order valence-electron chi connectivity index (χ0n) is 15.8. The van der Waals surface area contributed by atoms with Crippen molar-refractivity contribution in [3.63, 3.8) is 0 Å². The molecular formula is C21H23N3O3S. The lowest BCUT2D eigenvalue weighted by atomic mass is 10.1. The van der Waals surface area contributed by atoms with Gasteiger partial charge in [-0.05, 0) is 37.5 Å². The molecule has 2 aromatic heterocycles. The molecule has 1 aliphatic carbocycles. The summed E-state index contributed by atoms with van der Waals surface area (Å²) in [5.41, 5.74) is 1.59. The van der Waals surface area contributed by atoms with Crippen LogP contribution in [0, 0.1) is 0 Å². The van der Waals surface area contributed by atoms with Gasteiger partial charge in [0.1, 0.15) is 17.1 Å². The molecule has 7 heteroatoms. The van der Waals surface area contributed by atoms with Gasteiger partial charge in [-0.15, -0.1) is 11.3 Å². The zero-order valence-corrected chi connectivity index (χ0v) is 16.6. The van der Waals surface area contributed by atoms with Crippen LogP contribution in [0.5, 0.6) is 5.75 Å². The summed E-state index contributed by atoms with van der Waals surface area (Å²) < 4.78 is 6.89. The Morgan fingerprint density at radius 1 is 1.29 bits per heavy atom. The number of nitrogens with zero attached hydrogens (tertiary/aromatic N) is 2. The van der Waals surface area contributed by atoms with Crippen LogP contribution in [0.15, 0.2) is 40.8 Å². The van der Waals surface area contributed by atoms with Crippen LogP contribution in [-0.4, -0.2) is 28.1 Å². The Hall–Kier alpha value is -2.67. The van der Waals surface area contributed by atoms with E-state index in [2.05, 4.69) is 10.3 Å². The molecule has 0 bridgehead atoms. The summed E-state index contributed by atoms with van der Waals surface area (Å²) in [6.45, 7) is 2.55. The van der Waals surface area contributed by atoms with Gasteiger partial charge in [0.15, 0.2) is 0 Å². The lowest BCUT2D eigenvalue weighted by molar-refractivity contribution is -0.122. The Bertz CT molecular complexity index is 1030. The smallest absolute Gasteiger partial charge is 0.263 e. The molecule has 0 unspecified atom stereocenters. The molecule has 1 aromatic carbocycles. The van der Waals surface area contributed by atoms with Gasteiger partial charge in [0.2, 0.25) is 5.91 Å². The predicted octanol–water partition coefficient (Wildman–Crippen LogP) is 3.58. The third kappa shape index (κ3) is 3.80. The van der Waals surface area contributed by atoms with E-state index in [0.717, 1.165) is 42.6 Å². The van der Waals surface area contributed by atoms with Gasteiger partial charge in [-0.25, -0.2) is 4.98 Å². The highest BCUT2D eigenvalue weighted by atomic mass is 32.1. The minimum atomic E-state index is -0.184. The fourth-order valence-electron chi connectivity index (χ4n) is 3.69. The topological polar surface area (TPSA) is 73.2 Å². The van der Waals surface area contributed by atoms with Crippen molar-refractivity contribution in [2.75, 3.05) is 6.61 Å². The monoisotopic (exact) mass is 397 g/mol. The molecule has 28 heavy (non-hydrogen) atoms. The normalized spacial score (nSPS) is 14.5. The number of rotatable bonds is 6. The molecule has 0 radical (unpaired) electrons. The van der Waals surface area contributed by atoms with Gasteiger partial charge in [0.25, 0.3) is 5.56 Å². The second-order valence-corrected chi connectivity index (χ2v) is 7.87. The van der Waals surface area contributed by atoms with Gasteiger partial charge in [-0.3, -0.25) is 14.2 Å².